The largest absolute Gasteiger partial charge is 0.480 e. The van der Waals surface area contributed by atoms with E-state index in [0.29, 0.717) is 10.3 Å². The van der Waals surface area contributed by atoms with Crippen LogP contribution < -0.4 is 5.32 Å². The first-order valence-electron chi connectivity index (χ1n) is 9.33. The fraction of sp³-hybridized carbons (Fsp3) is 0.182. The second-order valence-electron chi connectivity index (χ2n) is 6.88. The number of benzene rings is 2. The van der Waals surface area contributed by atoms with Crippen molar-refractivity contribution in [3.8, 4) is 11.1 Å². The highest BCUT2D eigenvalue weighted by atomic mass is 79.9. The van der Waals surface area contributed by atoms with Gasteiger partial charge in [-0.15, -0.1) is 0 Å². The Bertz CT molecular complexity index is 1040. The van der Waals surface area contributed by atoms with E-state index in [1.165, 1.54) is 12.4 Å². The lowest BCUT2D eigenvalue weighted by Gasteiger charge is -2.17. The quantitative estimate of drug-likeness (QED) is 0.571. The molecular weight excluding hydrogens is 450 g/mol. The molecule has 0 bridgehead atoms. The molecule has 0 saturated carbocycles. The zero-order valence-electron chi connectivity index (χ0n) is 15.8. The normalized spacial score (nSPS) is 13.2. The smallest absolute Gasteiger partial charge is 0.407 e. The highest BCUT2D eigenvalue weighted by Crippen LogP contribution is 2.44. The van der Waals surface area contributed by atoms with Gasteiger partial charge in [0.1, 0.15) is 18.5 Å². The SMILES string of the molecule is O=C(N[C@@H](Cc1ncc(Br)cn1)C(=O)O)OCC1c2ccccc2-c2ccccc21. The van der Waals surface area contributed by atoms with Crippen LogP contribution in [-0.4, -0.2) is 39.8 Å². The number of rotatable bonds is 6. The molecule has 2 aromatic carbocycles. The second-order valence-corrected chi connectivity index (χ2v) is 7.80. The summed E-state index contributed by atoms with van der Waals surface area (Å²) in [5.41, 5.74) is 4.42. The molecule has 4 rings (SSSR count). The van der Waals surface area contributed by atoms with Crippen molar-refractivity contribution in [2.24, 2.45) is 0 Å². The molecule has 0 unspecified atom stereocenters. The van der Waals surface area contributed by atoms with Gasteiger partial charge >= 0.3 is 12.1 Å². The predicted octanol–water partition coefficient (Wildman–Crippen LogP) is 3.77. The summed E-state index contributed by atoms with van der Waals surface area (Å²) in [5.74, 6) is -0.971. The number of aliphatic carboxylic acids is 1. The Hall–Kier alpha value is -3.26. The molecule has 1 atom stereocenters. The van der Waals surface area contributed by atoms with Gasteiger partial charge in [-0.3, -0.25) is 0 Å². The highest BCUT2D eigenvalue weighted by Gasteiger charge is 2.30. The number of carboxylic acids is 1. The lowest BCUT2D eigenvalue weighted by atomic mass is 9.98. The van der Waals surface area contributed by atoms with Crippen LogP contribution in [0.4, 0.5) is 4.79 Å². The summed E-state index contributed by atoms with van der Waals surface area (Å²) < 4.78 is 6.10. The maximum atomic E-state index is 12.3. The minimum Gasteiger partial charge on any atom is -0.480 e. The number of fused-ring (bicyclic) bond motifs is 3. The summed E-state index contributed by atoms with van der Waals surface area (Å²) in [6.07, 6.45) is 2.21. The fourth-order valence-electron chi connectivity index (χ4n) is 3.61. The highest BCUT2D eigenvalue weighted by molar-refractivity contribution is 9.10. The zero-order chi connectivity index (χ0) is 21.1. The monoisotopic (exact) mass is 467 g/mol. The van der Waals surface area contributed by atoms with Crippen LogP contribution in [-0.2, 0) is 16.0 Å². The molecule has 1 aliphatic rings. The summed E-state index contributed by atoms with van der Waals surface area (Å²) in [7, 11) is 0. The standard InChI is InChI=1S/C22H18BrN3O4/c23-13-10-24-20(25-11-13)9-19(21(27)28)26-22(29)30-12-18-16-7-3-1-5-14(16)15-6-2-4-8-17(15)18/h1-8,10-11,18-19H,9,12H2,(H,26,29)(H,27,28)/t19-/m0/s1. The van der Waals surface area contributed by atoms with Crippen molar-refractivity contribution >= 4 is 28.0 Å². The molecule has 1 aliphatic carbocycles. The number of hydrogen-bond donors (Lipinski definition) is 2. The molecule has 0 fully saturated rings. The first kappa shape index (κ1) is 20.0. The number of carbonyl (C=O) groups is 2. The van der Waals surface area contributed by atoms with E-state index in [1.807, 2.05) is 48.5 Å². The predicted molar refractivity (Wildman–Crippen MR) is 113 cm³/mol. The van der Waals surface area contributed by atoms with E-state index >= 15 is 0 Å². The number of amides is 1. The van der Waals surface area contributed by atoms with Crippen LogP contribution in [0.1, 0.15) is 22.9 Å². The number of nitrogens with one attached hydrogen (secondary N) is 1. The molecule has 1 amide bonds. The molecule has 0 saturated heterocycles. The number of carboxylic acid groups (broad SMARTS) is 1. The Morgan fingerprint density at radius 2 is 1.60 bits per heavy atom. The van der Waals surface area contributed by atoms with Gasteiger partial charge in [-0.05, 0) is 38.2 Å². The van der Waals surface area contributed by atoms with Gasteiger partial charge in [-0.2, -0.15) is 0 Å². The van der Waals surface area contributed by atoms with Gasteiger partial charge < -0.3 is 15.2 Å². The summed E-state index contributed by atoms with van der Waals surface area (Å²) in [5, 5.41) is 11.8. The van der Waals surface area contributed by atoms with Crippen molar-refractivity contribution in [3.63, 3.8) is 0 Å². The van der Waals surface area contributed by atoms with Crippen molar-refractivity contribution in [1.82, 2.24) is 15.3 Å². The lowest BCUT2D eigenvalue weighted by Crippen LogP contribution is -2.43. The topological polar surface area (TPSA) is 101 Å². The number of hydrogen-bond acceptors (Lipinski definition) is 5. The minimum atomic E-state index is -1.19. The molecule has 7 nitrogen and oxygen atoms in total. The van der Waals surface area contributed by atoms with Gasteiger partial charge in [0.05, 0.1) is 4.47 Å². The molecule has 3 aromatic rings. The third kappa shape index (κ3) is 4.18. The van der Waals surface area contributed by atoms with Crippen LogP contribution in [0.2, 0.25) is 0 Å². The summed E-state index contributed by atoms with van der Waals surface area (Å²) in [4.78, 5) is 32.0. The summed E-state index contributed by atoms with van der Waals surface area (Å²) in [6.45, 7) is 0.112. The maximum absolute atomic E-state index is 12.3. The summed E-state index contributed by atoms with van der Waals surface area (Å²) >= 11 is 3.23. The van der Waals surface area contributed by atoms with Crippen molar-refractivity contribution in [2.75, 3.05) is 6.61 Å². The van der Waals surface area contributed by atoms with E-state index in [1.54, 1.807) is 0 Å². The van der Waals surface area contributed by atoms with Crippen LogP contribution in [0.5, 0.6) is 0 Å². The van der Waals surface area contributed by atoms with Gasteiger partial charge in [0.15, 0.2) is 0 Å². The fourth-order valence-corrected chi connectivity index (χ4v) is 3.81. The Balaban J connectivity index is 1.43. The Morgan fingerprint density at radius 3 is 2.17 bits per heavy atom. The number of halogens is 1. The lowest BCUT2D eigenvalue weighted by molar-refractivity contribution is -0.139. The number of ether oxygens (including phenoxy) is 1. The van der Waals surface area contributed by atoms with Crippen LogP contribution in [0.25, 0.3) is 11.1 Å². The van der Waals surface area contributed by atoms with Crippen molar-refractivity contribution in [3.05, 3.63) is 82.3 Å². The van der Waals surface area contributed by atoms with E-state index in [2.05, 4.69) is 31.2 Å². The van der Waals surface area contributed by atoms with Gasteiger partial charge in [0, 0.05) is 24.7 Å². The number of nitrogens with zero attached hydrogens (tertiary/aromatic N) is 2. The van der Waals surface area contributed by atoms with Gasteiger partial charge in [-0.25, -0.2) is 19.6 Å². The average Bonchev–Trinajstić information content (AvgIpc) is 3.07. The van der Waals surface area contributed by atoms with E-state index in [-0.39, 0.29) is 18.9 Å². The van der Waals surface area contributed by atoms with Crippen LogP contribution in [0.15, 0.2) is 65.4 Å². The number of carbonyl (C=O) groups excluding carboxylic acids is 1. The maximum Gasteiger partial charge on any atom is 0.407 e. The van der Waals surface area contributed by atoms with Crippen molar-refractivity contribution < 1.29 is 19.4 Å². The van der Waals surface area contributed by atoms with Gasteiger partial charge in [-0.1, -0.05) is 48.5 Å². The van der Waals surface area contributed by atoms with E-state index < -0.39 is 18.1 Å². The van der Waals surface area contributed by atoms with Crippen LogP contribution in [0, 0.1) is 0 Å². The molecule has 2 N–H and O–H groups in total. The molecule has 1 aromatic heterocycles. The zero-order valence-corrected chi connectivity index (χ0v) is 17.4. The van der Waals surface area contributed by atoms with Gasteiger partial charge in [0.2, 0.25) is 0 Å². The molecule has 1 heterocycles. The Kier molecular flexibility index (Phi) is 5.76. The molecule has 30 heavy (non-hydrogen) atoms. The third-order valence-corrected chi connectivity index (χ3v) is 5.40. The second kappa shape index (κ2) is 8.62. The van der Waals surface area contributed by atoms with E-state index in [4.69, 9.17) is 4.74 Å². The molecule has 152 valence electrons. The first-order chi connectivity index (χ1) is 14.5. The molecule has 0 radical (unpaired) electrons. The molecule has 0 spiro atoms. The van der Waals surface area contributed by atoms with E-state index in [0.717, 1.165) is 22.3 Å². The Morgan fingerprint density at radius 1 is 1.03 bits per heavy atom. The number of alkyl carbamates (subject to hydrolysis) is 1. The van der Waals surface area contributed by atoms with Crippen molar-refractivity contribution in [2.45, 2.75) is 18.4 Å². The van der Waals surface area contributed by atoms with E-state index in [9.17, 15) is 14.7 Å². The molecular formula is C22H18BrN3O4. The molecule has 0 aliphatic heterocycles. The van der Waals surface area contributed by atoms with Crippen molar-refractivity contribution in [1.29, 1.82) is 0 Å². The molecule has 8 heteroatoms. The Labute approximate surface area is 181 Å². The van der Waals surface area contributed by atoms with Crippen LogP contribution in [0.3, 0.4) is 0 Å². The average molecular weight is 468 g/mol. The summed E-state index contributed by atoms with van der Waals surface area (Å²) in [6, 6.07) is 14.8. The van der Waals surface area contributed by atoms with Crippen LogP contribution >= 0.6 is 15.9 Å². The van der Waals surface area contributed by atoms with Gasteiger partial charge in [0.25, 0.3) is 0 Å². The number of aromatic nitrogens is 2. The minimum absolute atomic E-state index is 0.0488. The third-order valence-electron chi connectivity index (χ3n) is 4.99. The first-order valence-corrected chi connectivity index (χ1v) is 10.1.